The van der Waals surface area contributed by atoms with Crippen LogP contribution in [0.25, 0.3) is 11.2 Å². The Balaban J connectivity index is 2.02. The topological polar surface area (TPSA) is 170 Å². The highest BCUT2D eigenvalue weighted by Crippen LogP contribution is 2.28. The Hall–Kier alpha value is -2.01. The van der Waals surface area contributed by atoms with Crippen LogP contribution in [0.15, 0.2) is 4.79 Å². The van der Waals surface area contributed by atoms with Gasteiger partial charge < -0.3 is 30.8 Å². The molecule has 1 fully saturated rings. The molecule has 0 saturated carbocycles. The molecule has 0 aromatic carbocycles. The lowest BCUT2D eigenvalue weighted by Crippen LogP contribution is -2.49. The first-order valence-corrected chi connectivity index (χ1v) is 5.88. The molecule has 0 bridgehead atoms. The van der Waals surface area contributed by atoms with Gasteiger partial charge in [-0.2, -0.15) is 4.98 Å². The monoisotopic (exact) mass is 283 g/mol. The van der Waals surface area contributed by atoms with E-state index in [-0.39, 0.29) is 23.9 Å². The number of aromatic nitrogens is 4. The van der Waals surface area contributed by atoms with Gasteiger partial charge in [0.1, 0.15) is 41.6 Å². The molecule has 2 aromatic rings. The summed E-state index contributed by atoms with van der Waals surface area (Å²) in [5.41, 5.74) is 5.36. The van der Waals surface area contributed by atoms with Crippen LogP contribution in [0.3, 0.4) is 0 Å². The fourth-order valence-corrected chi connectivity index (χ4v) is 2.13. The zero-order valence-electron chi connectivity index (χ0n) is 10.1. The first-order valence-electron chi connectivity index (χ1n) is 5.88. The summed E-state index contributed by atoms with van der Waals surface area (Å²) in [5.74, 6) is 0.223. The molecular weight excluding hydrogens is 270 g/mol. The van der Waals surface area contributed by atoms with Gasteiger partial charge in [0.05, 0.1) is 6.61 Å². The van der Waals surface area contributed by atoms with Gasteiger partial charge in [-0.05, 0) is 0 Å². The number of hydrogen-bond donors (Lipinski definition) is 6. The number of hydrogen-bond acceptors (Lipinski definition) is 8. The van der Waals surface area contributed by atoms with Crippen LogP contribution in [0.4, 0.5) is 5.82 Å². The van der Waals surface area contributed by atoms with Gasteiger partial charge in [0.2, 0.25) is 0 Å². The molecule has 20 heavy (non-hydrogen) atoms. The van der Waals surface area contributed by atoms with E-state index < -0.39 is 30.1 Å². The molecule has 10 nitrogen and oxygen atoms in total. The largest absolute Gasteiger partial charge is 0.388 e. The lowest BCUT2D eigenvalue weighted by molar-refractivity contribution is -0.191. The van der Waals surface area contributed by atoms with Crippen molar-refractivity contribution in [3.63, 3.8) is 0 Å². The number of ether oxygens (including phenoxy) is 1. The van der Waals surface area contributed by atoms with Gasteiger partial charge in [0.25, 0.3) is 0 Å². The van der Waals surface area contributed by atoms with Crippen molar-refractivity contribution < 1.29 is 20.1 Å². The van der Waals surface area contributed by atoms with Gasteiger partial charge in [0, 0.05) is 0 Å². The molecule has 1 saturated heterocycles. The van der Waals surface area contributed by atoms with E-state index in [1.807, 2.05) is 0 Å². The van der Waals surface area contributed by atoms with Crippen molar-refractivity contribution >= 4 is 17.0 Å². The van der Waals surface area contributed by atoms with Gasteiger partial charge in [-0.3, -0.25) is 4.98 Å². The van der Waals surface area contributed by atoms with E-state index >= 15 is 0 Å². The van der Waals surface area contributed by atoms with Gasteiger partial charge in [-0.15, -0.1) is 0 Å². The highest BCUT2D eigenvalue weighted by Gasteiger charge is 2.40. The maximum Gasteiger partial charge on any atom is 0.348 e. The average Bonchev–Trinajstić information content (AvgIpc) is 2.80. The smallest absolute Gasteiger partial charge is 0.348 e. The van der Waals surface area contributed by atoms with Gasteiger partial charge >= 0.3 is 5.69 Å². The molecule has 0 radical (unpaired) electrons. The molecule has 0 aliphatic carbocycles. The fourth-order valence-electron chi connectivity index (χ4n) is 2.13. The van der Waals surface area contributed by atoms with Crippen LogP contribution in [0.5, 0.6) is 0 Å². The molecule has 1 unspecified atom stereocenters. The molecule has 1 aliphatic rings. The SMILES string of the molecule is Nc1[nH]c(=O)nc2nc(C3OC[C@@H](O)[C@@H](O)[C@@H]3O)[nH]c12. The van der Waals surface area contributed by atoms with Crippen molar-refractivity contribution in [2.24, 2.45) is 0 Å². The summed E-state index contributed by atoms with van der Waals surface area (Å²) in [6, 6.07) is 0. The van der Waals surface area contributed by atoms with E-state index in [1.54, 1.807) is 0 Å². The summed E-state index contributed by atoms with van der Waals surface area (Å²) < 4.78 is 5.25. The molecule has 3 rings (SSSR count). The van der Waals surface area contributed by atoms with Crippen LogP contribution in [0, 0.1) is 0 Å². The summed E-state index contributed by atoms with van der Waals surface area (Å²) in [5, 5.41) is 28.9. The Morgan fingerprint density at radius 1 is 1.20 bits per heavy atom. The first kappa shape index (κ1) is 13.0. The van der Waals surface area contributed by atoms with Crippen LogP contribution in [0.1, 0.15) is 11.9 Å². The zero-order valence-corrected chi connectivity index (χ0v) is 10.1. The van der Waals surface area contributed by atoms with Crippen molar-refractivity contribution in [1.82, 2.24) is 19.9 Å². The first-order chi connectivity index (χ1) is 9.47. The van der Waals surface area contributed by atoms with Crippen molar-refractivity contribution in [3.05, 3.63) is 16.3 Å². The Morgan fingerprint density at radius 3 is 2.70 bits per heavy atom. The molecule has 1 aliphatic heterocycles. The van der Waals surface area contributed by atoms with E-state index in [1.165, 1.54) is 0 Å². The molecule has 10 heteroatoms. The van der Waals surface area contributed by atoms with Gasteiger partial charge in [-0.25, -0.2) is 9.78 Å². The average molecular weight is 283 g/mol. The number of nitrogen functional groups attached to an aromatic ring is 1. The maximum atomic E-state index is 11.2. The zero-order chi connectivity index (χ0) is 14.4. The van der Waals surface area contributed by atoms with Gasteiger partial charge in [0.15, 0.2) is 5.65 Å². The van der Waals surface area contributed by atoms with Crippen LogP contribution in [-0.2, 0) is 4.74 Å². The fraction of sp³-hybridized carbons (Fsp3) is 0.500. The van der Waals surface area contributed by atoms with Gasteiger partial charge in [-0.1, -0.05) is 0 Å². The third kappa shape index (κ3) is 1.94. The molecule has 0 amide bonds. The Morgan fingerprint density at radius 2 is 1.95 bits per heavy atom. The quantitative estimate of drug-likeness (QED) is 0.330. The number of rotatable bonds is 1. The Labute approximate surface area is 111 Å². The van der Waals surface area contributed by atoms with Crippen molar-refractivity contribution in [2.45, 2.75) is 24.4 Å². The molecule has 4 atom stereocenters. The predicted octanol–water partition coefficient (Wildman–Crippen LogP) is -2.62. The summed E-state index contributed by atoms with van der Waals surface area (Å²) >= 11 is 0. The number of nitrogens with two attached hydrogens (primary N) is 1. The summed E-state index contributed by atoms with van der Waals surface area (Å²) in [4.78, 5) is 23.9. The van der Waals surface area contributed by atoms with Crippen LogP contribution in [0.2, 0.25) is 0 Å². The number of nitrogens with zero attached hydrogens (tertiary/aromatic N) is 2. The van der Waals surface area contributed by atoms with E-state index in [4.69, 9.17) is 10.5 Å². The number of aliphatic hydroxyl groups excluding tert-OH is 3. The summed E-state index contributed by atoms with van der Waals surface area (Å²) in [6.45, 7) is -0.151. The highest BCUT2D eigenvalue weighted by molar-refractivity contribution is 5.81. The number of fused-ring (bicyclic) bond motifs is 1. The van der Waals surface area contributed by atoms with E-state index in [0.717, 1.165) is 0 Å². The van der Waals surface area contributed by atoms with E-state index in [0.29, 0.717) is 5.52 Å². The van der Waals surface area contributed by atoms with Crippen LogP contribution >= 0.6 is 0 Å². The van der Waals surface area contributed by atoms with Crippen molar-refractivity contribution in [1.29, 1.82) is 0 Å². The number of imidazole rings is 1. The normalized spacial score (nSPS) is 30.8. The summed E-state index contributed by atoms with van der Waals surface area (Å²) in [7, 11) is 0. The third-order valence-corrected chi connectivity index (χ3v) is 3.19. The number of aromatic amines is 2. The lowest BCUT2D eigenvalue weighted by Gasteiger charge is -2.34. The molecule has 3 heterocycles. The second-order valence-electron chi connectivity index (χ2n) is 4.58. The van der Waals surface area contributed by atoms with Crippen LogP contribution in [-0.4, -0.2) is 60.2 Å². The van der Waals surface area contributed by atoms with Crippen LogP contribution < -0.4 is 11.4 Å². The molecule has 108 valence electrons. The third-order valence-electron chi connectivity index (χ3n) is 3.19. The predicted molar refractivity (Wildman–Crippen MR) is 65.6 cm³/mol. The maximum absolute atomic E-state index is 11.2. The number of anilines is 1. The number of aliphatic hydroxyl groups is 3. The molecule has 7 N–H and O–H groups in total. The molecule has 2 aromatic heterocycles. The van der Waals surface area contributed by atoms with E-state index in [2.05, 4.69) is 19.9 Å². The second kappa shape index (κ2) is 4.52. The minimum Gasteiger partial charge on any atom is -0.388 e. The minimum absolute atomic E-state index is 0.0598. The summed E-state index contributed by atoms with van der Waals surface area (Å²) in [6.07, 6.45) is -4.86. The number of nitrogens with one attached hydrogen (secondary N) is 2. The Bertz CT molecular complexity index is 697. The van der Waals surface area contributed by atoms with Crippen molar-refractivity contribution in [2.75, 3.05) is 12.3 Å². The number of H-pyrrole nitrogens is 2. The highest BCUT2D eigenvalue weighted by atomic mass is 16.5. The van der Waals surface area contributed by atoms with E-state index in [9.17, 15) is 20.1 Å². The lowest BCUT2D eigenvalue weighted by atomic mass is 10.00. The minimum atomic E-state index is -1.36. The Kier molecular flexibility index (Phi) is 2.94. The standard InChI is InChI=1S/C10H13N5O5/c11-7-3-8(15-10(19)13-7)14-9(12-3)6-5(18)4(17)2(16)1-20-6/h2,4-6,16-18H,1H2,(H4,11,12,13,14,15,19)/t2-,4-,5+,6?/m1/s1. The van der Waals surface area contributed by atoms with Crippen molar-refractivity contribution in [3.8, 4) is 0 Å². The molecule has 0 spiro atoms. The second-order valence-corrected chi connectivity index (χ2v) is 4.58. The molecular formula is C10H13N5O5.